The molecule has 1 atom stereocenters. The Labute approximate surface area is 132 Å². The number of piperidine rings is 1. The van der Waals surface area contributed by atoms with Gasteiger partial charge in [0.1, 0.15) is 0 Å². The lowest BCUT2D eigenvalue weighted by molar-refractivity contribution is -0.126. The summed E-state index contributed by atoms with van der Waals surface area (Å²) in [5.41, 5.74) is 1.08. The van der Waals surface area contributed by atoms with Gasteiger partial charge in [-0.1, -0.05) is 30.3 Å². The van der Waals surface area contributed by atoms with Gasteiger partial charge in [-0.25, -0.2) is 4.79 Å². The van der Waals surface area contributed by atoms with E-state index in [4.69, 9.17) is 0 Å². The Morgan fingerprint density at radius 2 is 2.00 bits per heavy atom. The Morgan fingerprint density at radius 3 is 2.68 bits per heavy atom. The Morgan fingerprint density at radius 1 is 1.27 bits per heavy atom. The predicted octanol–water partition coefficient (Wildman–Crippen LogP) is 2.13. The zero-order valence-corrected chi connectivity index (χ0v) is 13.3. The van der Waals surface area contributed by atoms with Crippen LogP contribution in [0.4, 0.5) is 4.79 Å². The van der Waals surface area contributed by atoms with Crippen LogP contribution in [0.5, 0.6) is 0 Å². The molecule has 0 radical (unpaired) electrons. The summed E-state index contributed by atoms with van der Waals surface area (Å²) in [7, 11) is 0. The molecule has 5 heteroatoms. The van der Waals surface area contributed by atoms with E-state index in [2.05, 4.69) is 10.6 Å². The van der Waals surface area contributed by atoms with E-state index in [-0.39, 0.29) is 23.9 Å². The van der Waals surface area contributed by atoms with Crippen molar-refractivity contribution in [2.24, 2.45) is 5.92 Å². The molecule has 3 amide bonds. The van der Waals surface area contributed by atoms with Crippen molar-refractivity contribution in [1.82, 2.24) is 15.5 Å². The molecule has 120 valence electrons. The van der Waals surface area contributed by atoms with Gasteiger partial charge in [0.25, 0.3) is 0 Å². The number of likely N-dealkylation sites (tertiary alicyclic amines) is 1. The number of nitrogens with zero attached hydrogens (tertiary/aromatic N) is 1. The van der Waals surface area contributed by atoms with Gasteiger partial charge in [0.2, 0.25) is 5.91 Å². The molecule has 1 unspecified atom stereocenters. The van der Waals surface area contributed by atoms with E-state index in [1.54, 1.807) is 4.90 Å². The van der Waals surface area contributed by atoms with Crippen molar-refractivity contribution < 1.29 is 9.59 Å². The highest BCUT2D eigenvalue weighted by Crippen LogP contribution is 2.17. The van der Waals surface area contributed by atoms with Crippen LogP contribution in [0.3, 0.4) is 0 Å². The van der Waals surface area contributed by atoms with Gasteiger partial charge < -0.3 is 15.5 Å². The monoisotopic (exact) mass is 303 g/mol. The highest BCUT2D eigenvalue weighted by molar-refractivity contribution is 5.80. The Bertz CT molecular complexity index is 502. The summed E-state index contributed by atoms with van der Waals surface area (Å²) in [6.07, 6.45) is 1.71. The zero-order valence-electron chi connectivity index (χ0n) is 13.3. The summed E-state index contributed by atoms with van der Waals surface area (Å²) >= 11 is 0. The minimum Gasteiger partial charge on any atom is -0.352 e. The number of carbonyl (C=O) groups is 2. The first kappa shape index (κ1) is 16.3. The third-order valence-corrected chi connectivity index (χ3v) is 3.80. The first-order chi connectivity index (χ1) is 10.6. The number of hydrogen-bond acceptors (Lipinski definition) is 2. The second-order valence-corrected chi connectivity index (χ2v) is 6.09. The quantitative estimate of drug-likeness (QED) is 0.895. The average Bonchev–Trinajstić information content (AvgIpc) is 2.53. The van der Waals surface area contributed by atoms with Crippen LogP contribution in [0, 0.1) is 5.92 Å². The number of nitrogens with one attached hydrogen (secondary N) is 2. The molecule has 1 aliphatic rings. The molecule has 1 heterocycles. The molecule has 1 aromatic carbocycles. The SMILES string of the molecule is CC(C)NC(=O)N1CCCC(C(=O)NCc2ccccc2)C1. The molecule has 1 aliphatic heterocycles. The molecular weight excluding hydrogens is 278 g/mol. The minimum atomic E-state index is -0.115. The second kappa shape index (κ2) is 7.82. The van der Waals surface area contributed by atoms with E-state index in [0.29, 0.717) is 13.1 Å². The first-order valence-electron chi connectivity index (χ1n) is 7.93. The van der Waals surface area contributed by atoms with Gasteiger partial charge in [-0.05, 0) is 32.3 Å². The maximum atomic E-state index is 12.3. The topological polar surface area (TPSA) is 61.4 Å². The fraction of sp³-hybridized carbons (Fsp3) is 0.529. The lowest BCUT2D eigenvalue weighted by Crippen LogP contribution is -2.50. The van der Waals surface area contributed by atoms with E-state index < -0.39 is 0 Å². The lowest BCUT2D eigenvalue weighted by atomic mass is 9.97. The summed E-state index contributed by atoms with van der Waals surface area (Å²) in [6, 6.07) is 9.89. The van der Waals surface area contributed by atoms with E-state index in [1.165, 1.54) is 0 Å². The van der Waals surface area contributed by atoms with E-state index >= 15 is 0 Å². The maximum absolute atomic E-state index is 12.3. The number of hydrogen-bond donors (Lipinski definition) is 2. The highest BCUT2D eigenvalue weighted by atomic mass is 16.2. The number of rotatable bonds is 4. The largest absolute Gasteiger partial charge is 0.352 e. The van der Waals surface area contributed by atoms with Crippen LogP contribution in [0.2, 0.25) is 0 Å². The molecule has 0 spiro atoms. The van der Waals surface area contributed by atoms with Crippen molar-refractivity contribution in [3.8, 4) is 0 Å². The molecule has 1 aromatic rings. The Balaban J connectivity index is 1.83. The van der Waals surface area contributed by atoms with Crippen LogP contribution in [0.1, 0.15) is 32.3 Å². The van der Waals surface area contributed by atoms with Crippen molar-refractivity contribution in [3.05, 3.63) is 35.9 Å². The van der Waals surface area contributed by atoms with Gasteiger partial charge in [0.15, 0.2) is 0 Å². The molecular formula is C17H25N3O2. The summed E-state index contributed by atoms with van der Waals surface area (Å²) in [6.45, 7) is 5.63. The van der Waals surface area contributed by atoms with Gasteiger partial charge in [-0.3, -0.25) is 4.79 Å². The predicted molar refractivity (Wildman–Crippen MR) is 86.3 cm³/mol. The third kappa shape index (κ3) is 4.76. The summed E-state index contributed by atoms with van der Waals surface area (Å²) < 4.78 is 0. The van der Waals surface area contributed by atoms with E-state index in [0.717, 1.165) is 24.9 Å². The van der Waals surface area contributed by atoms with Gasteiger partial charge in [0, 0.05) is 25.7 Å². The van der Waals surface area contributed by atoms with Crippen LogP contribution in [-0.4, -0.2) is 36.0 Å². The number of urea groups is 1. The molecule has 22 heavy (non-hydrogen) atoms. The standard InChI is InChI=1S/C17H25N3O2/c1-13(2)19-17(22)20-10-6-9-15(12-20)16(21)18-11-14-7-4-3-5-8-14/h3-5,7-8,13,15H,6,9-12H2,1-2H3,(H,18,21)(H,19,22). The number of carbonyl (C=O) groups excluding carboxylic acids is 2. The summed E-state index contributed by atoms with van der Waals surface area (Å²) in [4.78, 5) is 26.1. The fourth-order valence-electron chi connectivity index (χ4n) is 2.64. The number of benzene rings is 1. The summed E-state index contributed by atoms with van der Waals surface area (Å²) in [5, 5.41) is 5.86. The fourth-order valence-corrected chi connectivity index (χ4v) is 2.64. The average molecular weight is 303 g/mol. The Kier molecular flexibility index (Phi) is 5.81. The maximum Gasteiger partial charge on any atom is 0.317 e. The molecule has 0 aromatic heterocycles. The molecule has 1 fully saturated rings. The van der Waals surface area contributed by atoms with E-state index in [9.17, 15) is 9.59 Å². The molecule has 1 saturated heterocycles. The normalized spacial score (nSPS) is 18.1. The van der Waals surface area contributed by atoms with Crippen LogP contribution < -0.4 is 10.6 Å². The molecule has 0 aliphatic carbocycles. The number of amides is 3. The van der Waals surface area contributed by atoms with Crippen molar-refractivity contribution in [3.63, 3.8) is 0 Å². The molecule has 0 bridgehead atoms. The minimum absolute atomic E-state index is 0.0332. The van der Waals surface area contributed by atoms with Crippen LogP contribution in [0.25, 0.3) is 0 Å². The Hall–Kier alpha value is -2.04. The smallest absolute Gasteiger partial charge is 0.317 e. The van der Waals surface area contributed by atoms with Crippen molar-refractivity contribution >= 4 is 11.9 Å². The molecule has 2 N–H and O–H groups in total. The molecule has 2 rings (SSSR count). The van der Waals surface area contributed by atoms with Gasteiger partial charge in [-0.15, -0.1) is 0 Å². The van der Waals surface area contributed by atoms with Gasteiger partial charge >= 0.3 is 6.03 Å². The van der Waals surface area contributed by atoms with Crippen molar-refractivity contribution in [2.75, 3.05) is 13.1 Å². The van der Waals surface area contributed by atoms with Gasteiger partial charge in [0.05, 0.1) is 5.92 Å². The lowest BCUT2D eigenvalue weighted by Gasteiger charge is -2.32. The highest BCUT2D eigenvalue weighted by Gasteiger charge is 2.28. The first-order valence-corrected chi connectivity index (χ1v) is 7.93. The van der Waals surface area contributed by atoms with E-state index in [1.807, 2.05) is 44.2 Å². The van der Waals surface area contributed by atoms with Gasteiger partial charge in [-0.2, -0.15) is 0 Å². The second-order valence-electron chi connectivity index (χ2n) is 6.09. The van der Waals surface area contributed by atoms with Crippen LogP contribution in [-0.2, 0) is 11.3 Å². The third-order valence-electron chi connectivity index (χ3n) is 3.80. The van der Waals surface area contributed by atoms with Crippen LogP contribution in [0.15, 0.2) is 30.3 Å². The van der Waals surface area contributed by atoms with Crippen molar-refractivity contribution in [2.45, 2.75) is 39.3 Å². The summed E-state index contributed by atoms with van der Waals surface area (Å²) in [5.74, 6) is -0.0822. The van der Waals surface area contributed by atoms with Crippen molar-refractivity contribution in [1.29, 1.82) is 0 Å². The zero-order chi connectivity index (χ0) is 15.9. The molecule has 5 nitrogen and oxygen atoms in total. The molecule has 0 saturated carbocycles. The van der Waals surface area contributed by atoms with Crippen LogP contribution >= 0.6 is 0 Å².